The molecule has 2 nitrogen and oxygen atoms in total. The molecule has 0 atom stereocenters. The lowest BCUT2D eigenvalue weighted by Gasteiger charge is -1.95. The van der Waals surface area contributed by atoms with Crippen molar-refractivity contribution in [3.63, 3.8) is 0 Å². The van der Waals surface area contributed by atoms with Gasteiger partial charge >= 0.3 is 0 Å². The summed E-state index contributed by atoms with van der Waals surface area (Å²) in [6.45, 7) is 1.94. The SMILES string of the molecule is CC=Cc1cccc(CO)n1. The van der Waals surface area contributed by atoms with E-state index >= 15 is 0 Å². The first-order valence-corrected chi connectivity index (χ1v) is 3.56. The molecule has 11 heavy (non-hydrogen) atoms. The smallest absolute Gasteiger partial charge is 0.0853 e. The van der Waals surface area contributed by atoms with Gasteiger partial charge in [0.05, 0.1) is 18.0 Å². The van der Waals surface area contributed by atoms with E-state index in [1.54, 1.807) is 6.07 Å². The zero-order valence-electron chi connectivity index (χ0n) is 6.49. The predicted octanol–water partition coefficient (Wildman–Crippen LogP) is 1.61. The maximum atomic E-state index is 8.74. The minimum absolute atomic E-state index is 0.00535. The summed E-state index contributed by atoms with van der Waals surface area (Å²) >= 11 is 0. The molecule has 1 rings (SSSR count). The highest BCUT2D eigenvalue weighted by molar-refractivity contribution is 5.43. The molecule has 0 aliphatic rings. The summed E-state index contributed by atoms with van der Waals surface area (Å²) < 4.78 is 0. The van der Waals surface area contributed by atoms with Crippen molar-refractivity contribution in [1.82, 2.24) is 4.98 Å². The van der Waals surface area contributed by atoms with Crippen LogP contribution in [0.1, 0.15) is 18.3 Å². The highest BCUT2D eigenvalue weighted by Gasteiger charge is 1.90. The van der Waals surface area contributed by atoms with E-state index in [0.29, 0.717) is 5.69 Å². The summed E-state index contributed by atoms with van der Waals surface area (Å²) in [4.78, 5) is 4.14. The summed E-state index contributed by atoms with van der Waals surface area (Å²) in [6, 6.07) is 5.58. The first-order valence-electron chi connectivity index (χ1n) is 3.56. The number of allylic oxidation sites excluding steroid dienone is 1. The van der Waals surface area contributed by atoms with Crippen LogP contribution in [0.25, 0.3) is 6.08 Å². The average Bonchev–Trinajstić information content (AvgIpc) is 2.06. The fraction of sp³-hybridized carbons (Fsp3) is 0.222. The highest BCUT2D eigenvalue weighted by atomic mass is 16.3. The third-order valence-corrected chi connectivity index (χ3v) is 1.33. The Labute approximate surface area is 66.2 Å². The molecule has 0 radical (unpaired) electrons. The average molecular weight is 149 g/mol. The van der Waals surface area contributed by atoms with E-state index in [-0.39, 0.29) is 6.61 Å². The molecule has 0 unspecified atom stereocenters. The van der Waals surface area contributed by atoms with Gasteiger partial charge in [-0.05, 0) is 25.1 Å². The lowest BCUT2D eigenvalue weighted by Crippen LogP contribution is -1.89. The lowest BCUT2D eigenvalue weighted by molar-refractivity contribution is 0.277. The topological polar surface area (TPSA) is 33.1 Å². The Bertz CT molecular complexity index is 255. The first-order chi connectivity index (χ1) is 5.36. The Hall–Kier alpha value is -1.15. The van der Waals surface area contributed by atoms with Crippen LogP contribution in [-0.4, -0.2) is 10.1 Å². The van der Waals surface area contributed by atoms with Gasteiger partial charge < -0.3 is 5.11 Å². The third-order valence-electron chi connectivity index (χ3n) is 1.33. The Morgan fingerprint density at radius 3 is 3.00 bits per heavy atom. The van der Waals surface area contributed by atoms with Crippen molar-refractivity contribution in [1.29, 1.82) is 0 Å². The second-order valence-corrected chi connectivity index (χ2v) is 2.21. The van der Waals surface area contributed by atoms with Crippen LogP contribution in [0.5, 0.6) is 0 Å². The minimum Gasteiger partial charge on any atom is -0.390 e. The summed E-state index contributed by atoms with van der Waals surface area (Å²) in [5.74, 6) is 0. The van der Waals surface area contributed by atoms with Crippen LogP contribution in [0.4, 0.5) is 0 Å². The van der Waals surface area contributed by atoms with Crippen molar-refractivity contribution >= 4 is 6.08 Å². The van der Waals surface area contributed by atoms with Crippen LogP contribution in [-0.2, 0) is 6.61 Å². The molecule has 1 aromatic rings. The summed E-state index contributed by atoms with van der Waals surface area (Å²) in [5, 5.41) is 8.74. The molecule has 0 fully saturated rings. The number of aromatic nitrogens is 1. The van der Waals surface area contributed by atoms with Gasteiger partial charge in [0.15, 0.2) is 0 Å². The van der Waals surface area contributed by atoms with E-state index in [1.807, 2.05) is 31.2 Å². The van der Waals surface area contributed by atoms with Gasteiger partial charge in [-0.3, -0.25) is 4.98 Å². The van der Waals surface area contributed by atoms with Crippen LogP contribution in [0.2, 0.25) is 0 Å². The second kappa shape index (κ2) is 3.88. The van der Waals surface area contributed by atoms with Crippen LogP contribution in [0.15, 0.2) is 24.3 Å². The molecule has 0 aromatic carbocycles. The molecule has 0 amide bonds. The molecular formula is C9H11NO. The Kier molecular flexibility index (Phi) is 2.81. The molecule has 0 aliphatic carbocycles. The zero-order chi connectivity index (χ0) is 8.10. The van der Waals surface area contributed by atoms with Gasteiger partial charge in [-0.25, -0.2) is 0 Å². The van der Waals surface area contributed by atoms with Gasteiger partial charge in [0.2, 0.25) is 0 Å². The Morgan fingerprint density at radius 2 is 2.36 bits per heavy atom. The molecule has 1 heterocycles. The van der Waals surface area contributed by atoms with E-state index in [1.165, 1.54) is 0 Å². The quantitative estimate of drug-likeness (QED) is 0.693. The van der Waals surface area contributed by atoms with Gasteiger partial charge in [0.1, 0.15) is 0 Å². The minimum atomic E-state index is 0.00535. The van der Waals surface area contributed by atoms with Gasteiger partial charge in [-0.1, -0.05) is 12.1 Å². The largest absolute Gasteiger partial charge is 0.390 e. The first kappa shape index (κ1) is 7.95. The molecule has 0 bridgehead atoms. The van der Waals surface area contributed by atoms with Crippen molar-refractivity contribution in [2.45, 2.75) is 13.5 Å². The second-order valence-electron chi connectivity index (χ2n) is 2.21. The molecule has 0 aliphatic heterocycles. The molecule has 58 valence electrons. The standard InChI is InChI=1S/C9H11NO/c1-2-4-8-5-3-6-9(7-11)10-8/h2-6,11H,7H2,1H3. The van der Waals surface area contributed by atoms with Crippen molar-refractivity contribution < 1.29 is 5.11 Å². The third kappa shape index (κ3) is 2.16. The number of aliphatic hydroxyl groups is 1. The molecule has 0 saturated heterocycles. The molecular weight excluding hydrogens is 138 g/mol. The van der Waals surface area contributed by atoms with Gasteiger partial charge in [-0.2, -0.15) is 0 Å². The summed E-state index contributed by atoms with van der Waals surface area (Å²) in [7, 11) is 0. The van der Waals surface area contributed by atoms with E-state index in [0.717, 1.165) is 5.69 Å². The van der Waals surface area contributed by atoms with Gasteiger partial charge in [0.25, 0.3) is 0 Å². The number of rotatable bonds is 2. The maximum Gasteiger partial charge on any atom is 0.0853 e. The van der Waals surface area contributed by atoms with E-state index < -0.39 is 0 Å². The van der Waals surface area contributed by atoms with Crippen molar-refractivity contribution in [2.75, 3.05) is 0 Å². The fourth-order valence-electron chi connectivity index (χ4n) is 0.850. The molecule has 0 saturated carbocycles. The number of hydrogen-bond donors (Lipinski definition) is 1. The molecule has 2 heteroatoms. The van der Waals surface area contributed by atoms with E-state index in [9.17, 15) is 0 Å². The molecule has 1 aromatic heterocycles. The fourth-order valence-corrected chi connectivity index (χ4v) is 0.850. The number of aliphatic hydroxyl groups excluding tert-OH is 1. The Morgan fingerprint density at radius 1 is 1.55 bits per heavy atom. The zero-order valence-corrected chi connectivity index (χ0v) is 6.49. The maximum absolute atomic E-state index is 8.74. The van der Waals surface area contributed by atoms with Gasteiger partial charge in [0, 0.05) is 0 Å². The van der Waals surface area contributed by atoms with Crippen LogP contribution < -0.4 is 0 Å². The van der Waals surface area contributed by atoms with Crippen molar-refractivity contribution in [3.05, 3.63) is 35.7 Å². The lowest BCUT2D eigenvalue weighted by atomic mass is 10.3. The van der Waals surface area contributed by atoms with Gasteiger partial charge in [-0.15, -0.1) is 0 Å². The molecule has 0 spiro atoms. The van der Waals surface area contributed by atoms with Crippen molar-refractivity contribution in [3.8, 4) is 0 Å². The highest BCUT2D eigenvalue weighted by Crippen LogP contribution is 2.00. The van der Waals surface area contributed by atoms with Crippen LogP contribution >= 0.6 is 0 Å². The van der Waals surface area contributed by atoms with E-state index in [2.05, 4.69) is 4.98 Å². The summed E-state index contributed by atoms with van der Waals surface area (Å²) in [5.41, 5.74) is 1.60. The van der Waals surface area contributed by atoms with Crippen LogP contribution in [0.3, 0.4) is 0 Å². The van der Waals surface area contributed by atoms with Crippen LogP contribution in [0, 0.1) is 0 Å². The predicted molar refractivity (Wildman–Crippen MR) is 44.9 cm³/mol. The number of nitrogens with zero attached hydrogens (tertiary/aromatic N) is 1. The number of pyridine rings is 1. The normalized spacial score (nSPS) is 10.7. The Balaban J connectivity index is 2.91. The number of hydrogen-bond acceptors (Lipinski definition) is 2. The summed E-state index contributed by atoms with van der Waals surface area (Å²) in [6.07, 6.45) is 3.82. The molecule has 1 N–H and O–H groups in total. The van der Waals surface area contributed by atoms with Crippen molar-refractivity contribution in [2.24, 2.45) is 0 Å². The van der Waals surface area contributed by atoms with E-state index in [4.69, 9.17) is 5.11 Å². The monoisotopic (exact) mass is 149 g/mol.